The van der Waals surface area contributed by atoms with Crippen molar-refractivity contribution < 1.29 is 46.3 Å². The first-order valence-electron chi connectivity index (χ1n) is 20.4. The SMILES string of the molecule is C=C[C@@H]1C[C@@]12NC(=O)[C@@H]1C[C@@H](OC(=O)N3Cc4cnc(C)nc4C3)CN1C(=O)[C@@H](NC(=O)OC1CCCC1)CCCCCCCNc1ccc(F)cc1S(=O)(=O)NC2=O. The molecular weight excluding hydrogens is 788 g/mol. The Kier molecular flexibility index (Phi) is 12.4. The molecule has 2 aromatic rings. The Bertz CT molecular complexity index is 2100. The third-order valence-corrected chi connectivity index (χ3v) is 13.2. The van der Waals surface area contributed by atoms with Crippen LogP contribution in [0.3, 0.4) is 0 Å². The molecule has 0 bridgehead atoms. The lowest BCUT2D eigenvalue weighted by Crippen LogP contribution is -2.58. The maximum Gasteiger partial charge on any atom is 0.410 e. The number of carbonyl (C=O) groups is 5. The molecule has 1 aromatic carbocycles. The van der Waals surface area contributed by atoms with Crippen molar-refractivity contribution in [3.8, 4) is 0 Å². The molecule has 3 fully saturated rings. The number of aromatic nitrogens is 2. The van der Waals surface area contributed by atoms with Crippen LogP contribution in [0.2, 0.25) is 0 Å². The molecule has 1 aromatic heterocycles. The van der Waals surface area contributed by atoms with E-state index >= 15 is 0 Å². The van der Waals surface area contributed by atoms with Gasteiger partial charge >= 0.3 is 12.2 Å². The molecule has 17 nitrogen and oxygen atoms in total. The van der Waals surface area contributed by atoms with Gasteiger partial charge in [-0.15, -0.1) is 6.58 Å². The lowest BCUT2D eigenvalue weighted by molar-refractivity contribution is -0.141. The number of hydrogen-bond donors (Lipinski definition) is 4. The number of anilines is 1. The van der Waals surface area contributed by atoms with E-state index in [0.29, 0.717) is 37.3 Å². The number of benzene rings is 1. The largest absolute Gasteiger partial charge is 0.446 e. The second-order valence-electron chi connectivity index (χ2n) is 16.1. The van der Waals surface area contributed by atoms with E-state index in [0.717, 1.165) is 56.2 Å². The molecule has 5 amide bonds. The number of halogens is 1. The van der Waals surface area contributed by atoms with Crippen molar-refractivity contribution in [3.05, 3.63) is 59.9 Å². The molecule has 4 heterocycles. The maximum absolute atomic E-state index is 14.6. The van der Waals surface area contributed by atoms with E-state index in [1.54, 1.807) is 13.1 Å². The quantitative estimate of drug-likeness (QED) is 0.324. The molecule has 2 aliphatic carbocycles. The van der Waals surface area contributed by atoms with Gasteiger partial charge in [-0.05, 0) is 70.1 Å². The fourth-order valence-corrected chi connectivity index (χ4v) is 9.70. The number of fused-ring (bicyclic) bond motifs is 3. The first-order valence-corrected chi connectivity index (χ1v) is 21.8. The van der Waals surface area contributed by atoms with E-state index in [2.05, 4.69) is 32.5 Å². The highest BCUT2D eigenvalue weighted by molar-refractivity contribution is 7.90. The van der Waals surface area contributed by atoms with Crippen LogP contribution in [0.4, 0.5) is 19.7 Å². The van der Waals surface area contributed by atoms with Gasteiger partial charge in [0.15, 0.2) is 0 Å². The van der Waals surface area contributed by atoms with Crippen molar-refractivity contribution in [2.45, 2.75) is 132 Å². The highest BCUT2D eigenvalue weighted by Crippen LogP contribution is 2.45. The van der Waals surface area contributed by atoms with E-state index in [1.807, 2.05) is 4.72 Å². The number of hydrogen-bond acceptors (Lipinski definition) is 12. The van der Waals surface area contributed by atoms with Crippen LogP contribution in [0.1, 0.15) is 94.1 Å². The fraction of sp³-hybridized carbons (Fsp3) is 0.575. The van der Waals surface area contributed by atoms with Crippen molar-refractivity contribution >= 4 is 45.6 Å². The zero-order chi connectivity index (χ0) is 41.9. The normalized spacial score (nSPS) is 27.7. The average Bonchev–Trinajstić information content (AvgIpc) is 3.58. The Balaban J connectivity index is 1.16. The van der Waals surface area contributed by atoms with Gasteiger partial charge in [0.25, 0.3) is 15.9 Å². The van der Waals surface area contributed by atoms with Gasteiger partial charge in [0, 0.05) is 30.6 Å². The number of aryl methyl sites for hydroxylation is 1. The summed E-state index contributed by atoms with van der Waals surface area (Å²) in [5, 5.41) is 8.50. The van der Waals surface area contributed by atoms with Crippen molar-refractivity contribution in [1.82, 2.24) is 35.1 Å². The lowest BCUT2D eigenvalue weighted by Gasteiger charge is -2.30. The predicted octanol–water partition coefficient (Wildman–Crippen LogP) is 3.72. The predicted molar refractivity (Wildman–Crippen MR) is 209 cm³/mol. The van der Waals surface area contributed by atoms with Crippen molar-refractivity contribution in [1.29, 1.82) is 0 Å². The summed E-state index contributed by atoms with van der Waals surface area (Å²) in [6.07, 6.45) is 7.16. The number of amides is 5. The minimum atomic E-state index is -4.66. The Morgan fingerprint density at radius 1 is 1.02 bits per heavy atom. The van der Waals surface area contributed by atoms with Crippen molar-refractivity contribution in [3.63, 3.8) is 0 Å². The maximum atomic E-state index is 14.6. The molecule has 59 heavy (non-hydrogen) atoms. The number of nitrogens with one attached hydrogen (secondary N) is 4. The monoisotopic (exact) mass is 838 g/mol. The molecule has 19 heteroatoms. The van der Waals surface area contributed by atoms with E-state index in [-0.39, 0.29) is 50.7 Å². The van der Waals surface area contributed by atoms with E-state index in [9.17, 15) is 36.8 Å². The second-order valence-corrected chi connectivity index (χ2v) is 17.7. The zero-order valence-electron chi connectivity index (χ0n) is 33.0. The zero-order valence-corrected chi connectivity index (χ0v) is 33.9. The number of nitrogens with zero attached hydrogens (tertiary/aromatic N) is 4. The molecule has 5 atom stereocenters. The lowest BCUT2D eigenvalue weighted by atomic mass is 10.0. The molecule has 0 radical (unpaired) electrons. The number of ether oxygens (including phenoxy) is 2. The summed E-state index contributed by atoms with van der Waals surface area (Å²) in [5.74, 6) is -3.42. The average molecular weight is 839 g/mol. The number of sulfonamides is 1. The summed E-state index contributed by atoms with van der Waals surface area (Å²) < 4.78 is 55.4. The summed E-state index contributed by atoms with van der Waals surface area (Å²) in [5.41, 5.74) is -0.216. The molecule has 1 spiro atoms. The smallest absolute Gasteiger partial charge is 0.410 e. The van der Waals surface area contributed by atoms with Crippen LogP contribution < -0.4 is 20.7 Å². The summed E-state index contributed by atoms with van der Waals surface area (Å²) in [7, 11) is -4.66. The van der Waals surface area contributed by atoms with Gasteiger partial charge in [0.2, 0.25) is 11.8 Å². The van der Waals surface area contributed by atoms with Gasteiger partial charge in [-0.3, -0.25) is 19.3 Å². The van der Waals surface area contributed by atoms with Gasteiger partial charge in [0.1, 0.15) is 46.4 Å². The van der Waals surface area contributed by atoms with Gasteiger partial charge in [-0.1, -0.05) is 31.8 Å². The summed E-state index contributed by atoms with van der Waals surface area (Å²) in [6, 6.07) is 0.845. The molecule has 7 rings (SSSR count). The van der Waals surface area contributed by atoms with Crippen LogP contribution >= 0.6 is 0 Å². The number of rotatable bonds is 4. The molecule has 1 saturated heterocycles. The standard InChI is InChI=1S/C40H51FN8O9S/c1-3-26-19-40(26)37(52)47-59(55,56)34-17-27(41)14-15-30(34)42-16-10-6-4-5-7-13-31(45-38(53)57-28-11-8-9-12-28)36(51)49-22-29(18-33(49)35(50)46-40)58-39(54)48-21-25-20-43-24(2)44-32(25)23-48/h3,14-15,17,20,26,28-29,31,33,42H,1,4-13,16,18-19,21-23H2,2H3,(H,45,53)(H,46,50)(H,47,52)/t26-,29-,31+,33+,40-/m1/s1. The molecule has 4 N–H and O–H groups in total. The van der Waals surface area contributed by atoms with Gasteiger partial charge < -0.3 is 30.3 Å². The van der Waals surface area contributed by atoms with E-state index < -0.39 is 80.3 Å². The first-order chi connectivity index (χ1) is 28.3. The summed E-state index contributed by atoms with van der Waals surface area (Å²) in [4.78, 5) is 80.5. The van der Waals surface area contributed by atoms with Crippen molar-refractivity contribution in [2.75, 3.05) is 18.4 Å². The van der Waals surface area contributed by atoms with E-state index in [1.165, 1.54) is 21.9 Å². The van der Waals surface area contributed by atoms with Crippen molar-refractivity contribution in [2.24, 2.45) is 5.92 Å². The summed E-state index contributed by atoms with van der Waals surface area (Å²) in [6.45, 7) is 6.05. The Morgan fingerprint density at radius 2 is 1.76 bits per heavy atom. The third-order valence-electron chi connectivity index (χ3n) is 11.8. The van der Waals surface area contributed by atoms with Gasteiger partial charge in [-0.2, -0.15) is 0 Å². The molecule has 2 saturated carbocycles. The third kappa shape index (κ3) is 9.44. The molecule has 3 aliphatic heterocycles. The highest BCUT2D eigenvalue weighted by atomic mass is 32.2. The highest BCUT2D eigenvalue weighted by Gasteiger charge is 2.61. The van der Waals surface area contributed by atoms with Crippen LogP contribution in [0.5, 0.6) is 0 Å². The fourth-order valence-electron chi connectivity index (χ4n) is 8.46. The molecule has 318 valence electrons. The minimum Gasteiger partial charge on any atom is -0.446 e. The Hall–Kier alpha value is -5.33. The van der Waals surface area contributed by atoms with Gasteiger partial charge in [0.05, 0.1) is 31.0 Å². The van der Waals surface area contributed by atoms with Gasteiger partial charge in [-0.25, -0.2) is 37.1 Å². The Morgan fingerprint density at radius 3 is 2.53 bits per heavy atom. The first kappa shape index (κ1) is 41.8. The van der Waals surface area contributed by atoms with E-state index in [4.69, 9.17) is 9.47 Å². The second kappa shape index (κ2) is 17.5. The summed E-state index contributed by atoms with van der Waals surface area (Å²) >= 11 is 0. The number of alkyl carbamates (subject to hydrolysis) is 1. The topological polar surface area (TPSA) is 218 Å². The van der Waals surface area contributed by atoms with Crippen LogP contribution in [0.15, 0.2) is 41.9 Å². The minimum absolute atomic E-state index is 0.00793. The molecular formula is C40H51FN8O9S. The van der Waals surface area contributed by atoms with Crippen LogP contribution in [0.25, 0.3) is 0 Å². The molecule has 5 aliphatic rings. The Labute approximate surface area is 342 Å². The molecule has 0 unspecified atom stereocenters. The van der Waals surface area contributed by atoms with Crippen LogP contribution in [0, 0.1) is 18.7 Å². The van der Waals surface area contributed by atoms with Crippen LogP contribution in [-0.2, 0) is 47.0 Å². The van der Waals surface area contributed by atoms with Crippen LogP contribution in [-0.4, -0.2) is 101 Å². The number of carbonyl (C=O) groups excluding carboxylic acids is 5.